The molecule has 1 N–H and O–H groups in total. The predicted molar refractivity (Wildman–Crippen MR) is 113 cm³/mol. The van der Waals surface area contributed by atoms with Crippen LogP contribution >= 0.6 is 11.8 Å². The van der Waals surface area contributed by atoms with Gasteiger partial charge in [-0.25, -0.2) is 4.68 Å². The average molecular weight is 421 g/mol. The third kappa shape index (κ3) is 4.87. The number of benzene rings is 2. The number of furan rings is 1. The third-order valence-corrected chi connectivity index (χ3v) is 5.34. The SMILES string of the molecule is COc1ccc(NC(=O)c2ccc(CSc3nnnn3Cc3ccco3)cc2)cc1. The van der Waals surface area contributed by atoms with E-state index in [-0.39, 0.29) is 5.91 Å². The van der Waals surface area contributed by atoms with Crippen molar-refractivity contribution in [2.45, 2.75) is 17.5 Å². The number of hydrogen-bond acceptors (Lipinski definition) is 7. The van der Waals surface area contributed by atoms with E-state index in [0.717, 1.165) is 17.1 Å². The average Bonchev–Trinajstić information content (AvgIpc) is 3.45. The highest BCUT2D eigenvalue weighted by molar-refractivity contribution is 7.98. The number of hydrogen-bond donors (Lipinski definition) is 1. The number of aromatic nitrogens is 4. The number of nitrogens with one attached hydrogen (secondary N) is 1. The number of anilines is 1. The summed E-state index contributed by atoms with van der Waals surface area (Å²) < 4.78 is 12.2. The Labute approximate surface area is 177 Å². The zero-order valence-electron chi connectivity index (χ0n) is 16.2. The van der Waals surface area contributed by atoms with Gasteiger partial charge in [0, 0.05) is 17.0 Å². The second kappa shape index (κ2) is 9.27. The topological polar surface area (TPSA) is 95.1 Å². The molecule has 0 radical (unpaired) electrons. The molecule has 30 heavy (non-hydrogen) atoms. The monoisotopic (exact) mass is 421 g/mol. The number of carbonyl (C=O) groups is 1. The number of carbonyl (C=O) groups excluding carboxylic acids is 1. The van der Waals surface area contributed by atoms with Crippen molar-refractivity contribution < 1.29 is 13.9 Å². The Morgan fingerprint density at radius 2 is 1.93 bits per heavy atom. The summed E-state index contributed by atoms with van der Waals surface area (Å²) in [7, 11) is 1.60. The first-order valence-electron chi connectivity index (χ1n) is 9.17. The molecule has 2 heterocycles. The van der Waals surface area contributed by atoms with E-state index in [9.17, 15) is 4.79 Å². The highest BCUT2D eigenvalue weighted by Gasteiger charge is 2.10. The van der Waals surface area contributed by atoms with Crippen molar-refractivity contribution in [1.29, 1.82) is 0 Å². The van der Waals surface area contributed by atoms with Gasteiger partial charge in [-0.3, -0.25) is 4.79 Å². The standard InChI is InChI=1S/C21H19N5O3S/c1-28-18-10-8-17(9-11-18)22-20(27)16-6-4-15(5-7-16)14-30-21-23-24-25-26(21)13-19-3-2-12-29-19/h2-12H,13-14H2,1H3,(H,22,27). The molecule has 152 valence electrons. The van der Waals surface area contributed by atoms with E-state index in [1.807, 2.05) is 24.3 Å². The number of amides is 1. The Morgan fingerprint density at radius 3 is 2.63 bits per heavy atom. The molecule has 0 aliphatic heterocycles. The second-order valence-electron chi connectivity index (χ2n) is 6.37. The Hall–Kier alpha value is -3.59. The summed E-state index contributed by atoms with van der Waals surface area (Å²) >= 11 is 1.52. The largest absolute Gasteiger partial charge is 0.497 e. The molecular weight excluding hydrogens is 402 g/mol. The molecule has 4 rings (SSSR count). The Balaban J connectivity index is 1.33. The minimum absolute atomic E-state index is 0.165. The number of tetrazole rings is 1. The number of methoxy groups -OCH3 is 1. The van der Waals surface area contributed by atoms with Crippen LogP contribution < -0.4 is 10.1 Å². The van der Waals surface area contributed by atoms with Gasteiger partial charge in [0.15, 0.2) is 0 Å². The van der Waals surface area contributed by atoms with Crippen LogP contribution in [0.5, 0.6) is 5.75 Å². The molecule has 1 amide bonds. The molecule has 8 nitrogen and oxygen atoms in total. The molecule has 0 saturated carbocycles. The number of rotatable bonds is 8. The van der Waals surface area contributed by atoms with Gasteiger partial charge in [0.25, 0.3) is 5.91 Å². The van der Waals surface area contributed by atoms with Gasteiger partial charge in [0.1, 0.15) is 18.1 Å². The van der Waals surface area contributed by atoms with Crippen LogP contribution in [0.3, 0.4) is 0 Å². The van der Waals surface area contributed by atoms with E-state index in [1.165, 1.54) is 11.8 Å². The Morgan fingerprint density at radius 1 is 1.13 bits per heavy atom. The summed E-state index contributed by atoms with van der Waals surface area (Å²) in [6.07, 6.45) is 1.62. The summed E-state index contributed by atoms with van der Waals surface area (Å²) in [4.78, 5) is 12.4. The first-order chi connectivity index (χ1) is 14.7. The van der Waals surface area contributed by atoms with Gasteiger partial charge in [-0.15, -0.1) is 5.10 Å². The van der Waals surface area contributed by atoms with Crippen molar-refractivity contribution in [2.24, 2.45) is 0 Å². The summed E-state index contributed by atoms with van der Waals surface area (Å²) in [6.45, 7) is 0.479. The lowest BCUT2D eigenvalue weighted by Crippen LogP contribution is -2.11. The van der Waals surface area contributed by atoms with E-state index in [4.69, 9.17) is 9.15 Å². The minimum Gasteiger partial charge on any atom is -0.497 e. The molecule has 4 aromatic rings. The summed E-state index contributed by atoms with van der Waals surface area (Å²) in [5.74, 6) is 2.04. The maximum Gasteiger partial charge on any atom is 0.255 e. The maximum atomic E-state index is 12.4. The molecular formula is C21H19N5O3S. The minimum atomic E-state index is -0.165. The van der Waals surface area contributed by atoms with Crippen molar-refractivity contribution in [3.63, 3.8) is 0 Å². The first-order valence-corrected chi connectivity index (χ1v) is 10.2. The Bertz CT molecular complexity index is 1090. The molecule has 0 saturated heterocycles. The van der Waals surface area contributed by atoms with Crippen LogP contribution in [0.2, 0.25) is 0 Å². The van der Waals surface area contributed by atoms with Crippen molar-refractivity contribution in [3.05, 3.63) is 83.8 Å². The number of ether oxygens (including phenoxy) is 1. The van der Waals surface area contributed by atoms with Gasteiger partial charge in [0.2, 0.25) is 5.16 Å². The predicted octanol–water partition coefficient (Wildman–Crippen LogP) is 3.87. The fourth-order valence-corrected chi connectivity index (χ4v) is 3.56. The van der Waals surface area contributed by atoms with E-state index in [2.05, 4.69) is 20.8 Å². The zero-order valence-corrected chi connectivity index (χ0v) is 17.0. The fraction of sp³-hybridized carbons (Fsp3) is 0.143. The smallest absolute Gasteiger partial charge is 0.255 e. The number of thioether (sulfide) groups is 1. The van der Waals surface area contributed by atoms with Crippen LogP contribution in [0.1, 0.15) is 21.7 Å². The van der Waals surface area contributed by atoms with Gasteiger partial charge >= 0.3 is 0 Å². The quantitative estimate of drug-likeness (QED) is 0.432. The molecule has 0 spiro atoms. The highest BCUT2D eigenvalue weighted by Crippen LogP contribution is 2.21. The zero-order chi connectivity index (χ0) is 20.8. The Kier molecular flexibility index (Phi) is 6.09. The third-order valence-electron chi connectivity index (χ3n) is 4.32. The molecule has 0 atom stereocenters. The van der Waals surface area contributed by atoms with Crippen LogP contribution in [0, 0.1) is 0 Å². The molecule has 0 aliphatic carbocycles. The number of nitrogens with zero attached hydrogens (tertiary/aromatic N) is 4. The van der Waals surface area contributed by atoms with Gasteiger partial charge in [0.05, 0.1) is 13.4 Å². The van der Waals surface area contributed by atoms with Gasteiger partial charge in [-0.1, -0.05) is 23.9 Å². The van der Waals surface area contributed by atoms with E-state index >= 15 is 0 Å². The molecule has 0 unspecified atom stereocenters. The molecule has 0 aliphatic rings. The van der Waals surface area contributed by atoms with Crippen LogP contribution in [0.4, 0.5) is 5.69 Å². The lowest BCUT2D eigenvalue weighted by molar-refractivity contribution is 0.102. The van der Waals surface area contributed by atoms with Crippen molar-refractivity contribution >= 4 is 23.4 Å². The molecule has 0 fully saturated rings. The highest BCUT2D eigenvalue weighted by atomic mass is 32.2. The van der Waals surface area contributed by atoms with Gasteiger partial charge in [-0.05, 0) is 64.5 Å². The summed E-state index contributed by atoms with van der Waals surface area (Å²) in [5.41, 5.74) is 2.36. The van der Waals surface area contributed by atoms with E-state index in [0.29, 0.717) is 28.7 Å². The van der Waals surface area contributed by atoms with Crippen molar-refractivity contribution in [2.75, 3.05) is 12.4 Å². The van der Waals surface area contributed by atoms with Gasteiger partial charge < -0.3 is 14.5 Å². The first kappa shape index (κ1) is 19.7. The van der Waals surface area contributed by atoms with Crippen molar-refractivity contribution in [1.82, 2.24) is 20.2 Å². The normalized spacial score (nSPS) is 10.7. The lowest BCUT2D eigenvalue weighted by Gasteiger charge is -2.07. The van der Waals surface area contributed by atoms with E-state index < -0.39 is 0 Å². The van der Waals surface area contributed by atoms with Crippen molar-refractivity contribution in [3.8, 4) is 5.75 Å². The summed E-state index contributed by atoms with van der Waals surface area (Å²) in [5, 5.41) is 15.4. The molecule has 9 heteroatoms. The molecule has 2 aromatic carbocycles. The van der Waals surface area contributed by atoms with Crippen LogP contribution in [0.25, 0.3) is 0 Å². The van der Waals surface area contributed by atoms with Gasteiger partial charge in [-0.2, -0.15) is 0 Å². The molecule has 0 bridgehead atoms. The van der Waals surface area contributed by atoms with Crippen LogP contribution in [0.15, 0.2) is 76.5 Å². The van der Waals surface area contributed by atoms with Crippen LogP contribution in [-0.2, 0) is 12.3 Å². The van der Waals surface area contributed by atoms with Crippen LogP contribution in [-0.4, -0.2) is 33.2 Å². The summed E-state index contributed by atoms with van der Waals surface area (Å²) in [6, 6.07) is 18.4. The van der Waals surface area contributed by atoms with E-state index in [1.54, 1.807) is 54.5 Å². The lowest BCUT2D eigenvalue weighted by atomic mass is 10.1. The molecule has 2 aromatic heterocycles. The maximum absolute atomic E-state index is 12.4. The second-order valence-corrected chi connectivity index (χ2v) is 7.31. The fourth-order valence-electron chi connectivity index (χ4n) is 2.73.